The number of nitrogens with zero attached hydrogens (tertiary/aromatic N) is 3. The zero-order valence-electron chi connectivity index (χ0n) is 18.6. The van der Waals surface area contributed by atoms with Gasteiger partial charge in [0.15, 0.2) is 6.29 Å². The van der Waals surface area contributed by atoms with Crippen LogP contribution in [0, 0.1) is 6.92 Å². The van der Waals surface area contributed by atoms with Crippen LogP contribution in [0.25, 0.3) is 0 Å². The zero-order chi connectivity index (χ0) is 22.2. The summed E-state index contributed by atoms with van der Waals surface area (Å²) in [4.78, 5) is 16.6. The van der Waals surface area contributed by atoms with Crippen molar-refractivity contribution in [3.8, 4) is 5.75 Å². The summed E-state index contributed by atoms with van der Waals surface area (Å²) in [6.07, 6.45) is 3.75. The summed E-state index contributed by atoms with van der Waals surface area (Å²) in [5.41, 5.74) is 5.56. The lowest BCUT2D eigenvalue weighted by Gasteiger charge is -2.26. The second-order valence-corrected chi connectivity index (χ2v) is 8.49. The first-order valence-electron chi connectivity index (χ1n) is 10.3. The predicted molar refractivity (Wildman–Crippen MR) is 126 cm³/mol. The molecule has 0 unspecified atom stereocenters. The van der Waals surface area contributed by atoms with Crippen LogP contribution in [0.1, 0.15) is 33.0 Å². The van der Waals surface area contributed by atoms with Gasteiger partial charge in [-0.1, -0.05) is 24.3 Å². The van der Waals surface area contributed by atoms with Gasteiger partial charge in [0.05, 0.1) is 12.8 Å². The molecule has 1 N–H and O–H groups in total. The van der Waals surface area contributed by atoms with Gasteiger partial charge in [0, 0.05) is 61.1 Å². The monoisotopic (exact) mass is 438 g/mol. The van der Waals surface area contributed by atoms with E-state index in [-0.39, 0.29) is 0 Å². The molecule has 3 heterocycles. The molecule has 0 fully saturated rings. The van der Waals surface area contributed by atoms with Gasteiger partial charge < -0.3 is 14.6 Å². The van der Waals surface area contributed by atoms with Gasteiger partial charge in [0.1, 0.15) is 5.75 Å². The van der Waals surface area contributed by atoms with Gasteiger partial charge >= 0.3 is 0 Å². The maximum absolute atomic E-state index is 11.0. The van der Waals surface area contributed by atoms with Gasteiger partial charge in [0.2, 0.25) is 0 Å². The summed E-state index contributed by atoms with van der Waals surface area (Å²) in [7, 11) is 5.54. The number of para-hydroxylation sites is 1. The number of fused-ring (bicyclic) bond motifs is 1. The van der Waals surface area contributed by atoms with Crippen molar-refractivity contribution in [2.75, 3.05) is 20.7 Å². The van der Waals surface area contributed by atoms with Crippen molar-refractivity contribution >= 4 is 18.2 Å². The first kappa shape index (κ1) is 23.1. The van der Waals surface area contributed by atoms with Gasteiger partial charge in [0.25, 0.3) is 0 Å². The number of ether oxygens (including phenoxy) is 1. The quantitative estimate of drug-likeness (QED) is 0.463. The molecular formula is C24H30N4O2S. The number of carbonyl (C=O) groups is 1. The summed E-state index contributed by atoms with van der Waals surface area (Å²) in [5.74, 6) is 0.946. The Morgan fingerprint density at radius 1 is 1.26 bits per heavy atom. The molecule has 0 atom stereocenters. The summed E-state index contributed by atoms with van der Waals surface area (Å²) in [6, 6.07) is 14.1. The van der Waals surface area contributed by atoms with E-state index in [4.69, 9.17) is 4.74 Å². The number of methoxy groups -OCH3 is 1. The standard InChI is InChI=1S/C15H17N3OS.C9H13NO/c1-11-15(8-13(10-19)17(11)2)20-18-7-5-14-12(9-18)4-3-6-16-14;1-10-7-8-5-3-4-6-9(8)11-2/h3-4,6,8,10H,5,7,9H2,1-2H3;3-6,10H,7H2,1-2H3. The minimum Gasteiger partial charge on any atom is -0.496 e. The molecule has 0 saturated heterocycles. The van der Waals surface area contributed by atoms with Crippen molar-refractivity contribution in [2.45, 2.75) is 31.3 Å². The lowest BCUT2D eigenvalue weighted by molar-refractivity contribution is 0.111. The van der Waals surface area contributed by atoms with Crippen LogP contribution in [0.4, 0.5) is 0 Å². The largest absolute Gasteiger partial charge is 0.496 e. The molecular weight excluding hydrogens is 408 g/mol. The Morgan fingerprint density at radius 3 is 2.77 bits per heavy atom. The molecule has 1 aliphatic rings. The highest BCUT2D eigenvalue weighted by Crippen LogP contribution is 2.31. The van der Waals surface area contributed by atoms with E-state index in [0.717, 1.165) is 54.4 Å². The molecule has 1 aliphatic heterocycles. The summed E-state index contributed by atoms with van der Waals surface area (Å²) in [6.45, 7) is 4.79. The minimum atomic E-state index is 0.726. The van der Waals surface area contributed by atoms with Crippen molar-refractivity contribution < 1.29 is 9.53 Å². The van der Waals surface area contributed by atoms with E-state index >= 15 is 0 Å². The third kappa shape index (κ3) is 5.76. The molecule has 0 radical (unpaired) electrons. The van der Waals surface area contributed by atoms with Crippen LogP contribution >= 0.6 is 11.9 Å². The van der Waals surface area contributed by atoms with Crippen molar-refractivity contribution in [1.82, 2.24) is 19.2 Å². The second kappa shape index (κ2) is 11.1. The molecule has 0 amide bonds. The predicted octanol–water partition coefficient (Wildman–Crippen LogP) is 4.02. The van der Waals surface area contributed by atoms with Gasteiger partial charge in [-0.25, -0.2) is 4.31 Å². The zero-order valence-corrected chi connectivity index (χ0v) is 19.4. The number of carbonyl (C=O) groups excluding carboxylic acids is 1. The Labute approximate surface area is 188 Å². The van der Waals surface area contributed by atoms with E-state index in [1.54, 1.807) is 19.1 Å². The average Bonchev–Trinajstić information content (AvgIpc) is 3.08. The molecule has 31 heavy (non-hydrogen) atoms. The summed E-state index contributed by atoms with van der Waals surface area (Å²) < 4.78 is 9.43. The number of aldehydes is 1. The highest BCUT2D eigenvalue weighted by atomic mass is 32.2. The van der Waals surface area contributed by atoms with Crippen molar-refractivity contribution in [2.24, 2.45) is 7.05 Å². The third-order valence-electron chi connectivity index (χ3n) is 5.36. The first-order chi connectivity index (χ1) is 15.1. The number of hydrogen-bond donors (Lipinski definition) is 1. The molecule has 0 spiro atoms. The number of rotatable bonds is 6. The molecule has 4 rings (SSSR count). The Balaban J connectivity index is 0.000000210. The number of benzene rings is 1. The molecule has 0 aliphatic carbocycles. The minimum absolute atomic E-state index is 0.726. The summed E-state index contributed by atoms with van der Waals surface area (Å²) in [5, 5.41) is 3.08. The third-order valence-corrected chi connectivity index (χ3v) is 6.54. The highest BCUT2D eigenvalue weighted by molar-refractivity contribution is 7.97. The first-order valence-corrected chi connectivity index (χ1v) is 11.1. The van der Waals surface area contributed by atoms with E-state index in [0.29, 0.717) is 0 Å². The Morgan fingerprint density at radius 2 is 2.06 bits per heavy atom. The molecule has 3 aromatic rings. The van der Waals surface area contributed by atoms with Gasteiger partial charge in [-0.3, -0.25) is 9.78 Å². The number of nitrogens with one attached hydrogen (secondary N) is 1. The van der Waals surface area contributed by atoms with E-state index in [1.807, 2.05) is 55.2 Å². The molecule has 7 heteroatoms. The normalized spacial score (nSPS) is 13.2. The number of aromatic nitrogens is 2. The molecule has 0 saturated carbocycles. The van der Waals surface area contributed by atoms with Crippen LogP contribution in [0.5, 0.6) is 5.75 Å². The SMILES string of the molecule is CNCc1ccccc1OC.Cc1c(SN2CCc3ncccc3C2)cc(C=O)n1C. The van der Waals surface area contributed by atoms with Crippen molar-refractivity contribution in [1.29, 1.82) is 0 Å². The van der Waals surface area contributed by atoms with Gasteiger partial charge in [-0.2, -0.15) is 0 Å². The Bertz CT molecular complexity index is 1020. The maximum Gasteiger partial charge on any atom is 0.166 e. The molecule has 164 valence electrons. The second-order valence-electron chi connectivity index (χ2n) is 7.35. The topological polar surface area (TPSA) is 59.4 Å². The van der Waals surface area contributed by atoms with Gasteiger partial charge in [-0.15, -0.1) is 0 Å². The molecule has 0 bridgehead atoms. The van der Waals surface area contributed by atoms with Crippen LogP contribution in [0.2, 0.25) is 0 Å². The maximum atomic E-state index is 11.0. The van der Waals surface area contributed by atoms with Crippen LogP contribution in [-0.4, -0.2) is 40.8 Å². The lowest BCUT2D eigenvalue weighted by Crippen LogP contribution is -2.25. The van der Waals surface area contributed by atoms with Crippen LogP contribution in [0.3, 0.4) is 0 Å². The number of pyridine rings is 1. The molecule has 6 nitrogen and oxygen atoms in total. The summed E-state index contributed by atoms with van der Waals surface area (Å²) >= 11 is 1.73. The van der Waals surface area contributed by atoms with Crippen molar-refractivity contribution in [3.05, 3.63) is 76.9 Å². The Kier molecular flexibility index (Phi) is 8.28. The fraction of sp³-hybridized carbons (Fsp3) is 0.333. The van der Waals surface area contributed by atoms with E-state index in [2.05, 4.69) is 33.7 Å². The average molecular weight is 439 g/mol. The highest BCUT2D eigenvalue weighted by Gasteiger charge is 2.19. The Hall–Kier alpha value is -2.61. The van der Waals surface area contributed by atoms with Crippen LogP contribution in [0.15, 0.2) is 53.6 Å². The van der Waals surface area contributed by atoms with Gasteiger partial charge in [-0.05, 0) is 49.7 Å². The smallest absolute Gasteiger partial charge is 0.166 e. The van der Waals surface area contributed by atoms with Crippen LogP contribution in [-0.2, 0) is 26.6 Å². The number of hydrogen-bond acceptors (Lipinski definition) is 6. The van der Waals surface area contributed by atoms with E-state index in [1.165, 1.54) is 16.8 Å². The fourth-order valence-electron chi connectivity index (χ4n) is 3.50. The van der Waals surface area contributed by atoms with E-state index in [9.17, 15) is 4.79 Å². The fourth-order valence-corrected chi connectivity index (χ4v) is 4.60. The molecule has 1 aromatic carbocycles. The van der Waals surface area contributed by atoms with Crippen LogP contribution < -0.4 is 10.1 Å². The lowest BCUT2D eigenvalue weighted by atomic mass is 10.1. The van der Waals surface area contributed by atoms with E-state index < -0.39 is 0 Å². The van der Waals surface area contributed by atoms with Crippen molar-refractivity contribution in [3.63, 3.8) is 0 Å². The molecule has 2 aromatic heterocycles.